The van der Waals surface area contributed by atoms with Crippen LogP contribution in [0.1, 0.15) is 31.1 Å². The second kappa shape index (κ2) is 10.0. The van der Waals surface area contributed by atoms with Gasteiger partial charge in [0.05, 0.1) is 40.7 Å². The summed E-state index contributed by atoms with van der Waals surface area (Å²) in [6.07, 6.45) is 0. The molecule has 0 saturated heterocycles. The molecule has 2 rings (SSSR count). The van der Waals surface area contributed by atoms with Crippen molar-refractivity contribution in [3.63, 3.8) is 0 Å². The molecule has 0 amide bonds. The molecule has 0 fully saturated rings. The van der Waals surface area contributed by atoms with Crippen molar-refractivity contribution in [2.75, 3.05) is 19.8 Å². The van der Waals surface area contributed by atoms with Gasteiger partial charge in [-0.15, -0.1) is 0 Å². The number of halogens is 2. The minimum Gasteiger partial charge on any atom is -0.494 e. The van der Waals surface area contributed by atoms with Crippen LogP contribution in [-0.2, 0) is 0 Å². The highest BCUT2D eigenvalue weighted by molar-refractivity contribution is 7.66. The van der Waals surface area contributed by atoms with Crippen LogP contribution in [0.4, 0.5) is 0 Å². The third kappa shape index (κ3) is 5.03. The Morgan fingerprint density at radius 1 is 0.923 bits per heavy atom. The highest BCUT2D eigenvalue weighted by atomic mass is 35.5. The first-order valence-corrected chi connectivity index (χ1v) is 10.1. The predicted molar refractivity (Wildman–Crippen MR) is 109 cm³/mol. The highest BCUT2D eigenvalue weighted by Crippen LogP contribution is 2.37. The van der Waals surface area contributed by atoms with E-state index in [9.17, 15) is 4.79 Å². The maximum absolute atomic E-state index is 12.9. The molecule has 0 bridgehead atoms. The minimum absolute atomic E-state index is 0.174. The van der Waals surface area contributed by atoms with E-state index in [0.717, 1.165) is 0 Å². The van der Waals surface area contributed by atoms with Gasteiger partial charge in [0.15, 0.2) is 5.52 Å². The Bertz CT molecular complexity index is 733. The van der Waals surface area contributed by atoms with E-state index in [1.807, 2.05) is 20.8 Å². The lowest BCUT2D eigenvalue weighted by Crippen LogP contribution is -2.13. The van der Waals surface area contributed by atoms with Gasteiger partial charge >= 0.3 is 0 Å². The normalized spacial score (nSPS) is 11.0. The summed E-state index contributed by atoms with van der Waals surface area (Å²) < 4.78 is 17.1. The number of carbonyl (C=O) groups excluding carboxylic acids is 1. The number of rotatable bonds is 9. The first-order chi connectivity index (χ1) is 12.5. The lowest BCUT2D eigenvalue weighted by atomic mass is 10.2. The standard InChI is InChI=1S/C19H21Cl2O4P/c1-4-23-12-10-15(24-5-2)18(16(11-12)25-6-3)26-19(22)17-13(20)8-7-9-14(17)21/h7-11,26H,4-6H2,1-3H3. The zero-order chi connectivity index (χ0) is 19.1. The van der Waals surface area contributed by atoms with E-state index in [-0.39, 0.29) is 14.1 Å². The molecule has 0 aromatic heterocycles. The van der Waals surface area contributed by atoms with Gasteiger partial charge < -0.3 is 14.2 Å². The maximum atomic E-state index is 12.9. The molecule has 1 unspecified atom stereocenters. The number of hydrogen-bond acceptors (Lipinski definition) is 4. The molecule has 26 heavy (non-hydrogen) atoms. The van der Waals surface area contributed by atoms with E-state index < -0.39 is 0 Å². The Hall–Kier alpha value is -1.48. The molecule has 0 heterocycles. The monoisotopic (exact) mass is 414 g/mol. The van der Waals surface area contributed by atoms with Crippen LogP contribution in [0.15, 0.2) is 30.3 Å². The van der Waals surface area contributed by atoms with Crippen molar-refractivity contribution in [1.29, 1.82) is 0 Å². The maximum Gasteiger partial charge on any atom is 0.188 e. The van der Waals surface area contributed by atoms with Crippen LogP contribution in [-0.4, -0.2) is 25.3 Å². The Morgan fingerprint density at radius 2 is 1.42 bits per heavy atom. The summed E-state index contributed by atoms with van der Waals surface area (Å²) in [5.41, 5.74) is 0.139. The molecule has 0 radical (unpaired) electrons. The topological polar surface area (TPSA) is 44.8 Å². The van der Waals surface area contributed by atoms with Crippen molar-refractivity contribution in [2.45, 2.75) is 20.8 Å². The van der Waals surface area contributed by atoms with Crippen molar-refractivity contribution >= 4 is 42.6 Å². The Kier molecular flexibility index (Phi) is 8.02. The quantitative estimate of drug-likeness (QED) is 0.519. The first-order valence-electron chi connectivity index (χ1n) is 8.33. The second-order valence-electron chi connectivity index (χ2n) is 5.14. The molecule has 2 aromatic rings. The summed E-state index contributed by atoms with van der Waals surface area (Å²) in [4.78, 5) is 12.9. The molecule has 1 atom stereocenters. The third-order valence-electron chi connectivity index (χ3n) is 3.38. The van der Waals surface area contributed by atoms with Gasteiger partial charge in [0.25, 0.3) is 0 Å². The van der Waals surface area contributed by atoms with Crippen molar-refractivity contribution in [3.05, 3.63) is 45.9 Å². The van der Waals surface area contributed by atoms with Crippen molar-refractivity contribution in [1.82, 2.24) is 0 Å². The molecule has 7 heteroatoms. The Morgan fingerprint density at radius 3 is 1.88 bits per heavy atom. The van der Waals surface area contributed by atoms with Crippen LogP contribution in [0, 0.1) is 0 Å². The fraction of sp³-hybridized carbons (Fsp3) is 0.316. The van der Waals surface area contributed by atoms with Crippen LogP contribution in [0.5, 0.6) is 17.2 Å². The van der Waals surface area contributed by atoms with E-state index >= 15 is 0 Å². The van der Waals surface area contributed by atoms with Crippen LogP contribution >= 0.6 is 31.8 Å². The van der Waals surface area contributed by atoms with Gasteiger partial charge in [0.1, 0.15) is 17.2 Å². The zero-order valence-corrected chi connectivity index (χ0v) is 17.4. The molecule has 140 valence electrons. The van der Waals surface area contributed by atoms with Gasteiger partial charge in [-0.05, 0) is 41.5 Å². The lowest BCUT2D eigenvalue weighted by molar-refractivity contribution is 0.108. The van der Waals surface area contributed by atoms with Gasteiger partial charge in [0.2, 0.25) is 0 Å². The lowest BCUT2D eigenvalue weighted by Gasteiger charge is -2.17. The van der Waals surface area contributed by atoms with Crippen molar-refractivity contribution in [3.8, 4) is 17.2 Å². The average molecular weight is 415 g/mol. The average Bonchev–Trinajstić information content (AvgIpc) is 2.58. The number of hydrogen-bond donors (Lipinski definition) is 0. The number of ether oxygens (including phenoxy) is 3. The van der Waals surface area contributed by atoms with Crippen LogP contribution in [0.2, 0.25) is 10.0 Å². The molecule has 0 aliphatic carbocycles. The molecular formula is C19H21Cl2O4P. The Labute approximate surface area is 165 Å². The first kappa shape index (κ1) is 20.8. The summed E-state index contributed by atoms with van der Waals surface area (Å²) in [6.45, 7) is 7.10. The fourth-order valence-electron chi connectivity index (χ4n) is 2.37. The van der Waals surface area contributed by atoms with E-state index in [0.29, 0.717) is 58.0 Å². The largest absolute Gasteiger partial charge is 0.494 e. The Balaban J connectivity index is 2.47. The van der Waals surface area contributed by atoms with E-state index in [2.05, 4.69) is 0 Å². The highest BCUT2D eigenvalue weighted by Gasteiger charge is 2.21. The number of carbonyl (C=O) groups is 1. The van der Waals surface area contributed by atoms with Gasteiger partial charge in [0, 0.05) is 12.1 Å². The van der Waals surface area contributed by atoms with Crippen molar-refractivity contribution < 1.29 is 19.0 Å². The van der Waals surface area contributed by atoms with Gasteiger partial charge in [-0.2, -0.15) is 0 Å². The van der Waals surface area contributed by atoms with Crippen LogP contribution < -0.4 is 19.5 Å². The minimum atomic E-state index is -0.249. The second-order valence-corrected chi connectivity index (χ2v) is 7.16. The fourth-order valence-corrected chi connectivity index (χ4v) is 4.25. The van der Waals surface area contributed by atoms with Crippen LogP contribution in [0.3, 0.4) is 0 Å². The summed E-state index contributed by atoms with van der Waals surface area (Å²) in [7, 11) is -0.249. The molecule has 0 aliphatic rings. The van der Waals surface area contributed by atoms with E-state index in [1.165, 1.54) is 0 Å². The molecule has 0 N–H and O–H groups in total. The van der Waals surface area contributed by atoms with Crippen LogP contribution in [0.25, 0.3) is 0 Å². The zero-order valence-electron chi connectivity index (χ0n) is 14.9. The molecule has 0 saturated carbocycles. The summed E-state index contributed by atoms with van der Waals surface area (Å²) in [5, 5.41) is 1.34. The molecular weight excluding hydrogens is 394 g/mol. The third-order valence-corrected chi connectivity index (χ3v) is 5.23. The number of benzene rings is 2. The van der Waals surface area contributed by atoms with Crippen molar-refractivity contribution in [2.24, 2.45) is 0 Å². The summed E-state index contributed by atoms with van der Waals surface area (Å²) in [6, 6.07) is 8.56. The van der Waals surface area contributed by atoms with E-state index in [1.54, 1.807) is 30.3 Å². The SMILES string of the molecule is CCOc1cc(OCC)c(PC(=O)c2c(Cl)cccc2Cl)c(OCC)c1. The summed E-state index contributed by atoms with van der Waals surface area (Å²) in [5.74, 6) is 1.77. The molecule has 0 aliphatic heterocycles. The molecule has 0 spiro atoms. The molecule has 2 aromatic carbocycles. The summed E-state index contributed by atoms with van der Waals surface area (Å²) >= 11 is 12.4. The smallest absolute Gasteiger partial charge is 0.188 e. The molecule has 4 nitrogen and oxygen atoms in total. The van der Waals surface area contributed by atoms with Gasteiger partial charge in [-0.3, -0.25) is 4.79 Å². The van der Waals surface area contributed by atoms with Gasteiger partial charge in [-0.25, -0.2) is 0 Å². The van der Waals surface area contributed by atoms with Gasteiger partial charge in [-0.1, -0.05) is 29.3 Å². The van der Waals surface area contributed by atoms with E-state index in [4.69, 9.17) is 37.4 Å². The predicted octanol–water partition coefficient (Wildman–Crippen LogP) is 5.33.